The van der Waals surface area contributed by atoms with E-state index in [4.69, 9.17) is 14.9 Å². The van der Waals surface area contributed by atoms with Gasteiger partial charge in [-0.05, 0) is 25.1 Å². The van der Waals surface area contributed by atoms with Crippen LogP contribution in [-0.2, 0) is 0 Å². The summed E-state index contributed by atoms with van der Waals surface area (Å²) in [6, 6.07) is 4.76. The van der Waals surface area contributed by atoms with Crippen LogP contribution in [0.15, 0.2) is 22.6 Å². The SMILES string of the molecule is CCOc1cc(-c2nnc(N)o2)ccc1O. The molecule has 0 saturated heterocycles. The number of phenolic OH excluding ortho intramolecular Hbond substituents is 1. The minimum Gasteiger partial charge on any atom is -0.504 e. The molecule has 1 aromatic carbocycles. The van der Waals surface area contributed by atoms with Gasteiger partial charge in [0.25, 0.3) is 0 Å². The van der Waals surface area contributed by atoms with Gasteiger partial charge in [-0.1, -0.05) is 5.10 Å². The van der Waals surface area contributed by atoms with Crippen LogP contribution in [0, 0.1) is 0 Å². The maximum absolute atomic E-state index is 9.50. The van der Waals surface area contributed by atoms with E-state index in [0.29, 0.717) is 23.8 Å². The first kappa shape index (κ1) is 10.3. The van der Waals surface area contributed by atoms with Crippen molar-refractivity contribution >= 4 is 6.01 Å². The number of anilines is 1. The van der Waals surface area contributed by atoms with E-state index in [2.05, 4.69) is 10.2 Å². The lowest BCUT2D eigenvalue weighted by Gasteiger charge is -2.06. The molecule has 3 N–H and O–H groups in total. The van der Waals surface area contributed by atoms with Crippen LogP contribution >= 0.6 is 0 Å². The molecular formula is C10H11N3O3. The monoisotopic (exact) mass is 221 g/mol. The highest BCUT2D eigenvalue weighted by Crippen LogP contribution is 2.31. The van der Waals surface area contributed by atoms with Gasteiger partial charge in [-0.2, -0.15) is 0 Å². The second-order valence-corrected chi connectivity index (χ2v) is 3.06. The number of nitrogen functional groups attached to an aromatic ring is 1. The van der Waals surface area contributed by atoms with E-state index in [0.717, 1.165) is 0 Å². The van der Waals surface area contributed by atoms with E-state index < -0.39 is 0 Å². The predicted octanol–water partition coefficient (Wildman–Crippen LogP) is 1.42. The molecule has 0 aliphatic carbocycles. The zero-order valence-electron chi connectivity index (χ0n) is 8.67. The molecule has 6 heteroatoms. The second-order valence-electron chi connectivity index (χ2n) is 3.06. The highest BCUT2D eigenvalue weighted by Gasteiger charge is 2.10. The van der Waals surface area contributed by atoms with Crippen LogP contribution in [0.3, 0.4) is 0 Å². The van der Waals surface area contributed by atoms with Gasteiger partial charge in [0.05, 0.1) is 6.61 Å². The first-order valence-electron chi connectivity index (χ1n) is 4.76. The molecule has 0 radical (unpaired) electrons. The molecule has 0 unspecified atom stereocenters. The summed E-state index contributed by atoms with van der Waals surface area (Å²) in [5, 5.41) is 16.8. The molecule has 2 aromatic rings. The molecule has 6 nitrogen and oxygen atoms in total. The summed E-state index contributed by atoms with van der Waals surface area (Å²) in [5.41, 5.74) is 5.97. The summed E-state index contributed by atoms with van der Waals surface area (Å²) in [7, 11) is 0. The number of ether oxygens (including phenoxy) is 1. The topological polar surface area (TPSA) is 94.4 Å². The lowest BCUT2D eigenvalue weighted by molar-refractivity contribution is 0.318. The molecule has 0 saturated carbocycles. The van der Waals surface area contributed by atoms with Crippen molar-refractivity contribution in [2.45, 2.75) is 6.92 Å². The Hall–Kier alpha value is -2.24. The van der Waals surface area contributed by atoms with Crippen LogP contribution in [0.1, 0.15) is 6.92 Å². The van der Waals surface area contributed by atoms with Gasteiger partial charge in [0, 0.05) is 5.56 Å². The Balaban J connectivity index is 2.39. The second kappa shape index (κ2) is 4.09. The third-order valence-electron chi connectivity index (χ3n) is 1.95. The van der Waals surface area contributed by atoms with Crippen LogP contribution in [0.4, 0.5) is 6.01 Å². The van der Waals surface area contributed by atoms with Crippen molar-refractivity contribution in [2.24, 2.45) is 0 Å². The van der Waals surface area contributed by atoms with Crippen LogP contribution in [0.5, 0.6) is 11.5 Å². The summed E-state index contributed by atoms with van der Waals surface area (Å²) in [6.07, 6.45) is 0. The number of benzene rings is 1. The molecule has 0 bridgehead atoms. The van der Waals surface area contributed by atoms with Crippen molar-refractivity contribution in [1.29, 1.82) is 0 Å². The summed E-state index contributed by atoms with van der Waals surface area (Å²) in [6.45, 7) is 2.29. The van der Waals surface area contributed by atoms with Gasteiger partial charge < -0.3 is 20.0 Å². The molecule has 16 heavy (non-hydrogen) atoms. The quantitative estimate of drug-likeness (QED) is 0.813. The molecule has 1 aromatic heterocycles. The van der Waals surface area contributed by atoms with Gasteiger partial charge in [0.15, 0.2) is 11.5 Å². The standard InChI is InChI=1S/C10H11N3O3/c1-2-15-8-5-6(3-4-7(8)14)9-12-13-10(11)16-9/h3-5,14H,2H2,1H3,(H2,11,13). The molecule has 1 heterocycles. The van der Waals surface area contributed by atoms with E-state index >= 15 is 0 Å². The normalized spacial score (nSPS) is 10.3. The van der Waals surface area contributed by atoms with E-state index in [1.54, 1.807) is 12.1 Å². The number of hydrogen-bond acceptors (Lipinski definition) is 6. The predicted molar refractivity (Wildman–Crippen MR) is 57.0 cm³/mol. The molecular weight excluding hydrogens is 210 g/mol. The first-order chi connectivity index (χ1) is 7.70. The van der Waals surface area contributed by atoms with E-state index in [1.165, 1.54) is 6.07 Å². The number of aromatic hydroxyl groups is 1. The Labute approximate surface area is 91.7 Å². The van der Waals surface area contributed by atoms with Gasteiger partial charge in [-0.25, -0.2) is 0 Å². The number of aromatic nitrogens is 2. The lowest BCUT2D eigenvalue weighted by Crippen LogP contribution is -1.92. The highest BCUT2D eigenvalue weighted by atomic mass is 16.5. The number of nitrogens with zero attached hydrogens (tertiary/aromatic N) is 2. The molecule has 84 valence electrons. The van der Waals surface area contributed by atoms with Crippen LogP contribution < -0.4 is 10.5 Å². The van der Waals surface area contributed by atoms with Crippen molar-refractivity contribution in [3.63, 3.8) is 0 Å². The number of rotatable bonds is 3. The van der Waals surface area contributed by atoms with Crippen molar-refractivity contribution < 1.29 is 14.3 Å². The Morgan fingerprint density at radius 1 is 1.44 bits per heavy atom. The largest absolute Gasteiger partial charge is 0.504 e. The minimum absolute atomic E-state index is 0.000958. The van der Waals surface area contributed by atoms with Gasteiger partial charge in [0.1, 0.15) is 0 Å². The van der Waals surface area contributed by atoms with E-state index in [1.807, 2.05) is 6.92 Å². The van der Waals surface area contributed by atoms with Gasteiger partial charge in [-0.15, -0.1) is 5.10 Å². The van der Waals surface area contributed by atoms with Crippen LogP contribution in [0.2, 0.25) is 0 Å². The Bertz CT molecular complexity index is 496. The number of hydrogen-bond donors (Lipinski definition) is 2. The summed E-state index contributed by atoms with van der Waals surface area (Å²) < 4.78 is 10.3. The highest BCUT2D eigenvalue weighted by molar-refractivity contribution is 5.59. The number of phenols is 1. The van der Waals surface area contributed by atoms with Crippen molar-refractivity contribution in [1.82, 2.24) is 10.2 Å². The third kappa shape index (κ3) is 1.90. The smallest absolute Gasteiger partial charge is 0.313 e. The van der Waals surface area contributed by atoms with Crippen LogP contribution in [-0.4, -0.2) is 21.9 Å². The zero-order valence-corrected chi connectivity index (χ0v) is 8.67. The van der Waals surface area contributed by atoms with Gasteiger partial charge in [-0.3, -0.25) is 0 Å². The maximum Gasteiger partial charge on any atom is 0.313 e. The molecule has 0 atom stereocenters. The Kier molecular flexibility index (Phi) is 2.63. The summed E-state index contributed by atoms with van der Waals surface area (Å²) in [4.78, 5) is 0. The molecule has 0 spiro atoms. The molecule has 0 amide bonds. The summed E-state index contributed by atoms with van der Waals surface area (Å²) >= 11 is 0. The molecule has 0 aliphatic rings. The molecule has 0 fully saturated rings. The van der Waals surface area contributed by atoms with Crippen molar-refractivity contribution in [3.8, 4) is 23.0 Å². The zero-order chi connectivity index (χ0) is 11.5. The van der Waals surface area contributed by atoms with Gasteiger partial charge >= 0.3 is 6.01 Å². The van der Waals surface area contributed by atoms with E-state index in [-0.39, 0.29) is 11.8 Å². The Morgan fingerprint density at radius 2 is 2.25 bits per heavy atom. The van der Waals surface area contributed by atoms with E-state index in [9.17, 15) is 5.11 Å². The minimum atomic E-state index is 0.000958. The average molecular weight is 221 g/mol. The first-order valence-corrected chi connectivity index (χ1v) is 4.76. The fraction of sp³-hybridized carbons (Fsp3) is 0.200. The van der Waals surface area contributed by atoms with Crippen molar-refractivity contribution in [2.75, 3.05) is 12.3 Å². The molecule has 2 rings (SSSR count). The van der Waals surface area contributed by atoms with Gasteiger partial charge in [0.2, 0.25) is 5.89 Å². The van der Waals surface area contributed by atoms with Crippen molar-refractivity contribution in [3.05, 3.63) is 18.2 Å². The van der Waals surface area contributed by atoms with Crippen LogP contribution in [0.25, 0.3) is 11.5 Å². The maximum atomic E-state index is 9.50. The molecule has 0 aliphatic heterocycles. The summed E-state index contributed by atoms with van der Waals surface area (Å²) in [5.74, 6) is 0.730. The lowest BCUT2D eigenvalue weighted by atomic mass is 10.2. The fourth-order valence-electron chi connectivity index (χ4n) is 1.27. The third-order valence-corrected chi connectivity index (χ3v) is 1.95. The average Bonchev–Trinajstić information content (AvgIpc) is 2.69. The Morgan fingerprint density at radius 3 is 2.88 bits per heavy atom. The fourth-order valence-corrected chi connectivity index (χ4v) is 1.27. The number of nitrogens with two attached hydrogens (primary N) is 1.